The van der Waals surface area contributed by atoms with Crippen molar-refractivity contribution in [1.29, 1.82) is 0 Å². The highest BCUT2D eigenvalue weighted by Crippen LogP contribution is 2.27. The van der Waals surface area contributed by atoms with E-state index in [0.29, 0.717) is 0 Å². The molecular weight excluding hydrogens is 220 g/mol. The van der Waals surface area contributed by atoms with Gasteiger partial charge in [-0.05, 0) is 64.1 Å². The zero-order chi connectivity index (χ0) is 10.5. The normalized spacial score (nSPS) is 25.3. The van der Waals surface area contributed by atoms with Crippen molar-refractivity contribution in [2.45, 2.75) is 51.5 Å². The summed E-state index contributed by atoms with van der Waals surface area (Å²) in [5.41, 5.74) is 0. The zero-order valence-electron chi connectivity index (χ0n) is 10.5. The SMILES string of the molecule is CC(NCC1CCNCC1)C1CCCC1.Cl. The molecule has 1 saturated carbocycles. The lowest BCUT2D eigenvalue weighted by atomic mass is 9.95. The molecule has 1 aliphatic heterocycles. The number of hydrogen-bond acceptors (Lipinski definition) is 2. The van der Waals surface area contributed by atoms with Gasteiger partial charge in [0.05, 0.1) is 0 Å². The Bertz CT molecular complexity index is 175. The van der Waals surface area contributed by atoms with Gasteiger partial charge in [0.2, 0.25) is 0 Å². The molecule has 1 heterocycles. The summed E-state index contributed by atoms with van der Waals surface area (Å²) >= 11 is 0. The van der Waals surface area contributed by atoms with Crippen LogP contribution in [0, 0.1) is 11.8 Å². The summed E-state index contributed by atoms with van der Waals surface area (Å²) in [4.78, 5) is 0. The Kier molecular flexibility index (Phi) is 6.71. The van der Waals surface area contributed by atoms with Gasteiger partial charge in [-0.25, -0.2) is 0 Å². The average Bonchev–Trinajstić information content (AvgIpc) is 2.81. The molecule has 2 rings (SSSR count). The van der Waals surface area contributed by atoms with Gasteiger partial charge in [0.1, 0.15) is 0 Å². The fourth-order valence-electron chi connectivity index (χ4n) is 3.06. The molecule has 0 bridgehead atoms. The molecule has 1 aliphatic carbocycles. The van der Waals surface area contributed by atoms with Crippen molar-refractivity contribution >= 4 is 12.4 Å². The smallest absolute Gasteiger partial charge is 0.00671 e. The molecule has 2 fully saturated rings. The summed E-state index contributed by atoms with van der Waals surface area (Å²) in [5.74, 6) is 1.89. The van der Waals surface area contributed by atoms with Gasteiger partial charge in [-0.15, -0.1) is 12.4 Å². The molecule has 0 amide bonds. The first-order valence-electron chi connectivity index (χ1n) is 6.80. The number of piperidine rings is 1. The Labute approximate surface area is 106 Å². The first-order chi connectivity index (χ1) is 7.36. The van der Waals surface area contributed by atoms with Gasteiger partial charge in [0, 0.05) is 6.04 Å². The first kappa shape index (κ1) is 14.3. The topological polar surface area (TPSA) is 24.1 Å². The van der Waals surface area contributed by atoms with Crippen molar-refractivity contribution in [3.8, 4) is 0 Å². The zero-order valence-corrected chi connectivity index (χ0v) is 11.3. The maximum absolute atomic E-state index is 3.77. The largest absolute Gasteiger partial charge is 0.317 e. The summed E-state index contributed by atoms with van der Waals surface area (Å²) < 4.78 is 0. The van der Waals surface area contributed by atoms with Gasteiger partial charge in [0.25, 0.3) is 0 Å². The summed E-state index contributed by atoms with van der Waals surface area (Å²) in [6.07, 6.45) is 8.57. The van der Waals surface area contributed by atoms with Crippen LogP contribution in [0.5, 0.6) is 0 Å². The van der Waals surface area contributed by atoms with Crippen molar-refractivity contribution in [2.75, 3.05) is 19.6 Å². The molecule has 1 saturated heterocycles. The van der Waals surface area contributed by atoms with E-state index >= 15 is 0 Å². The van der Waals surface area contributed by atoms with Crippen LogP contribution in [0.25, 0.3) is 0 Å². The van der Waals surface area contributed by atoms with E-state index in [-0.39, 0.29) is 12.4 Å². The number of halogens is 1. The van der Waals surface area contributed by atoms with E-state index in [1.807, 2.05) is 0 Å². The Morgan fingerprint density at radius 3 is 2.38 bits per heavy atom. The standard InChI is InChI=1S/C13H26N2.ClH/c1-11(13-4-2-3-5-13)15-10-12-6-8-14-9-7-12;/h11-15H,2-10H2,1H3;1H. The summed E-state index contributed by atoms with van der Waals surface area (Å²) in [6.45, 7) is 6.09. The Hall–Kier alpha value is 0.210. The van der Waals surface area contributed by atoms with Crippen molar-refractivity contribution in [2.24, 2.45) is 11.8 Å². The van der Waals surface area contributed by atoms with E-state index in [2.05, 4.69) is 17.6 Å². The van der Waals surface area contributed by atoms with Crippen LogP contribution in [0.1, 0.15) is 45.4 Å². The quantitative estimate of drug-likeness (QED) is 0.797. The van der Waals surface area contributed by atoms with E-state index in [4.69, 9.17) is 0 Å². The molecule has 0 radical (unpaired) electrons. The highest BCUT2D eigenvalue weighted by Gasteiger charge is 2.22. The minimum atomic E-state index is 0. The lowest BCUT2D eigenvalue weighted by Crippen LogP contribution is -2.39. The Morgan fingerprint density at radius 1 is 1.12 bits per heavy atom. The summed E-state index contributed by atoms with van der Waals surface area (Å²) in [6, 6.07) is 0.752. The highest BCUT2D eigenvalue weighted by molar-refractivity contribution is 5.85. The monoisotopic (exact) mass is 246 g/mol. The van der Waals surface area contributed by atoms with Gasteiger partial charge in [-0.1, -0.05) is 12.8 Å². The second-order valence-electron chi connectivity index (χ2n) is 5.43. The van der Waals surface area contributed by atoms with E-state index in [9.17, 15) is 0 Å². The van der Waals surface area contributed by atoms with Crippen LogP contribution in [0.2, 0.25) is 0 Å². The number of rotatable bonds is 4. The molecule has 2 N–H and O–H groups in total. The van der Waals surface area contributed by atoms with Crippen LogP contribution in [0.3, 0.4) is 0 Å². The van der Waals surface area contributed by atoms with Crippen LogP contribution < -0.4 is 10.6 Å². The maximum Gasteiger partial charge on any atom is 0.00671 e. The lowest BCUT2D eigenvalue weighted by molar-refractivity contribution is 0.310. The average molecular weight is 247 g/mol. The molecule has 0 aromatic rings. The first-order valence-corrected chi connectivity index (χ1v) is 6.80. The van der Waals surface area contributed by atoms with Crippen LogP contribution in [0.15, 0.2) is 0 Å². The second kappa shape index (κ2) is 7.52. The van der Waals surface area contributed by atoms with Crippen LogP contribution in [-0.4, -0.2) is 25.7 Å². The van der Waals surface area contributed by atoms with Gasteiger partial charge in [0.15, 0.2) is 0 Å². The molecular formula is C13H27ClN2. The molecule has 1 atom stereocenters. The molecule has 0 aromatic carbocycles. The van der Waals surface area contributed by atoms with Crippen LogP contribution in [-0.2, 0) is 0 Å². The van der Waals surface area contributed by atoms with Gasteiger partial charge >= 0.3 is 0 Å². The van der Waals surface area contributed by atoms with Crippen LogP contribution in [0.4, 0.5) is 0 Å². The predicted molar refractivity (Wildman–Crippen MR) is 72.3 cm³/mol. The van der Waals surface area contributed by atoms with Crippen LogP contribution >= 0.6 is 12.4 Å². The van der Waals surface area contributed by atoms with Crippen molar-refractivity contribution in [1.82, 2.24) is 10.6 Å². The predicted octanol–water partition coefficient (Wildman–Crippen LogP) is 2.58. The molecule has 16 heavy (non-hydrogen) atoms. The molecule has 0 spiro atoms. The molecule has 0 aromatic heterocycles. The fraction of sp³-hybridized carbons (Fsp3) is 1.00. The van der Waals surface area contributed by atoms with Crippen molar-refractivity contribution in [3.63, 3.8) is 0 Å². The minimum Gasteiger partial charge on any atom is -0.317 e. The van der Waals surface area contributed by atoms with Gasteiger partial charge in [-0.3, -0.25) is 0 Å². The third kappa shape index (κ3) is 4.23. The number of nitrogens with one attached hydrogen (secondary N) is 2. The number of hydrogen-bond donors (Lipinski definition) is 2. The van der Waals surface area contributed by atoms with E-state index < -0.39 is 0 Å². The third-order valence-electron chi connectivity index (χ3n) is 4.29. The molecule has 1 unspecified atom stereocenters. The molecule has 2 nitrogen and oxygen atoms in total. The van der Waals surface area contributed by atoms with Crippen molar-refractivity contribution in [3.05, 3.63) is 0 Å². The lowest BCUT2D eigenvalue weighted by Gasteiger charge is -2.27. The highest BCUT2D eigenvalue weighted by atomic mass is 35.5. The Balaban J connectivity index is 0.00000128. The van der Waals surface area contributed by atoms with E-state index in [1.165, 1.54) is 58.2 Å². The summed E-state index contributed by atoms with van der Waals surface area (Å²) in [5, 5.41) is 7.20. The summed E-state index contributed by atoms with van der Waals surface area (Å²) in [7, 11) is 0. The Morgan fingerprint density at radius 2 is 1.75 bits per heavy atom. The minimum absolute atomic E-state index is 0. The van der Waals surface area contributed by atoms with Crippen molar-refractivity contribution < 1.29 is 0 Å². The molecule has 3 heteroatoms. The van der Waals surface area contributed by atoms with E-state index in [0.717, 1.165) is 17.9 Å². The van der Waals surface area contributed by atoms with E-state index in [1.54, 1.807) is 0 Å². The van der Waals surface area contributed by atoms with Gasteiger partial charge in [-0.2, -0.15) is 0 Å². The fourth-order valence-corrected chi connectivity index (χ4v) is 3.06. The van der Waals surface area contributed by atoms with Gasteiger partial charge < -0.3 is 10.6 Å². The molecule has 2 aliphatic rings. The maximum atomic E-state index is 3.77. The third-order valence-corrected chi connectivity index (χ3v) is 4.29. The molecule has 96 valence electrons. The second-order valence-corrected chi connectivity index (χ2v) is 5.43.